The molecule has 0 bridgehead atoms. The monoisotopic (exact) mass is 607 g/mol. The number of hydrogen-bond acceptors (Lipinski definition) is 5. The molecule has 2 heterocycles. The summed E-state index contributed by atoms with van der Waals surface area (Å²) in [6, 6.07) is 21.3. The molecule has 2 aliphatic rings. The van der Waals surface area contributed by atoms with Gasteiger partial charge in [-0.15, -0.1) is 0 Å². The van der Waals surface area contributed by atoms with E-state index >= 15 is 0 Å². The van der Waals surface area contributed by atoms with Gasteiger partial charge in [0.15, 0.2) is 0 Å². The summed E-state index contributed by atoms with van der Waals surface area (Å²) >= 11 is 0. The fourth-order valence-electron chi connectivity index (χ4n) is 5.98. The van der Waals surface area contributed by atoms with Gasteiger partial charge in [-0.3, -0.25) is 14.6 Å². The van der Waals surface area contributed by atoms with Crippen molar-refractivity contribution in [2.24, 2.45) is 5.92 Å². The van der Waals surface area contributed by atoms with Gasteiger partial charge in [-0.1, -0.05) is 38.1 Å². The fourth-order valence-corrected chi connectivity index (χ4v) is 5.98. The lowest BCUT2D eigenvalue weighted by molar-refractivity contribution is -0.123. The number of nitrogens with zero attached hydrogens (tertiary/aromatic N) is 1. The second-order valence-corrected chi connectivity index (χ2v) is 12.4. The van der Waals surface area contributed by atoms with Gasteiger partial charge >= 0.3 is 0 Å². The number of hydrogen-bond donors (Lipinski definition) is 2. The minimum Gasteiger partial charge on any atom is -0.493 e. The van der Waals surface area contributed by atoms with Gasteiger partial charge in [0.25, 0.3) is 5.91 Å². The molecule has 8 heteroatoms. The lowest BCUT2D eigenvalue weighted by Crippen LogP contribution is -2.35. The minimum absolute atomic E-state index is 0.199. The number of nitrogens with one attached hydrogen (secondary N) is 2. The van der Waals surface area contributed by atoms with E-state index in [4.69, 9.17) is 9.47 Å². The van der Waals surface area contributed by atoms with Crippen LogP contribution in [0.3, 0.4) is 0 Å². The molecule has 1 saturated carbocycles. The first kappa shape index (κ1) is 30.3. The molecule has 45 heavy (non-hydrogen) atoms. The highest BCUT2D eigenvalue weighted by Crippen LogP contribution is 2.48. The number of carbonyl (C=O) groups excluding carboxylic acids is 2. The zero-order chi connectivity index (χ0) is 31.7. The van der Waals surface area contributed by atoms with Crippen molar-refractivity contribution in [1.29, 1.82) is 0 Å². The molecule has 1 aliphatic carbocycles. The Morgan fingerprint density at radius 1 is 1.07 bits per heavy atom. The van der Waals surface area contributed by atoms with Crippen LogP contribution in [0.15, 0.2) is 79.0 Å². The average Bonchev–Trinajstić information content (AvgIpc) is 3.72. The van der Waals surface area contributed by atoms with Crippen molar-refractivity contribution >= 4 is 11.8 Å². The van der Waals surface area contributed by atoms with E-state index in [9.17, 15) is 14.0 Å². The summed E-state index contributed by atoms with van der Waals surface area (Å²) in [4.78, 5) is 31.7. The Hall–Kier alpha value is -4.72. The third kappa shape index (κ3) is 6.14. The topological polar surface area (TPSA) is 89.6 Å². The zero-order valence-electron chi connectivity index (χ0n) is 26.0. The van der Waals surface area contributed by atoms with E-state index in [2.05, 4.69) is 29.5 Å². The van der Waals surface area contributed by atoms with Crippen molar-refractivity contribution in [1.82, 2.24) is 15.6 Å². The SMILES string of the molecule is CNC(=O)C1c2cc(-c3cc(C(=O)NC4(c5ccccn5)CC4)c(OCCC(C)C)cc3C)ccc2OC1c1ccc(F)cc1. The Morgan fingerprint density at radius 2 is 1.84 bits per heavy atom. The van der Waals surface area contributed by atoms with E-state index < -0.39 is 17.6 Å². The van der Waals surface area contributed by atoms with Crippen LogP contribution in [0, 0.1) is 18.7 Å². The highest BCUT2D eigenvalue weighted by Gasteiger charge is 2.47. The summed E-state index contributed by atoms with van der Waals surface area (Å²) in [6.45, 7) is 6.76. The van der Waals surface area contributed by atoms with Crippen LogP contribution < -0.4 is 20.1 Å². The molecular weight excluding hydrogens is 569 g/mol. The largest absolute Gasteiger partial charge is 0.493 e. The Labute approximate surface area is 263 Å². The average molecular weight is 608 g/mol. The van der Waals surface area contributed by atoms with Crippen LogP contribution in [0.5, 0.6) is 11.5 Å². The number of ether oxygens (including phenoxy) is 2. The Bertz CT molecular complexity index is 1720. The number of benzene rings is 3. The minimum atomic E-state index is -0.634. The molecule has 3 aromatic carbocycles. The predicted molar refractivity (Wildman–Crippen MR) is 171 cm³/mol. The second-order valence-electron chi connectivity index (χ2n) is 12.4. The first-order valence-corrected chi connectivity index (χ1v) is 15.5. The van der Waals surface area contributed by atoms with Crippen molar-refractivity contribution in [3.05, 3.63) is 113 Å². The maximum atomic E-state index is 14.0. The van der Waals surface area contributed by atoms with E-state index in [1.54, 1.807) is 25.4 Å². The number of amides is 2. The first-order chi connectivity index (χ1) is 21.7. The van der Waals surface area contributed by atoms with Crippen molar-refractivity contribution in [3.63, 3.8) is 0 Å². The molecule has 2 atom stereocenters. The molecule has 2 N–H and O–H groups in total. The summed E-state index contributed by atoms with van der Waals surface area (Å²) in [7, 11) is 1.59. The second kappa shape index (κ2) is 12.3. The summed E-state index contributed by atoms with van der Waals surface area (Å²) in [5, 5.41) is 6.02. The Balaban J connectivity index is 1.37. The van der Waals surface area contributed by atoms with Gasteiger partial charge in [-0.25, -0.2) is 4.39 Å². The number of halogens is 1. The number of rotatable bonds is 10. The number of aromatic nitrogens is 1. The van der Waals surface area contributed by atoms with Crippen molar-refractivity contribution < 1.29 is 23.5 Å². The highest BCUT2D eigenvalue weighted by atomic mass is 19.1. The van der Waals surface area contributed by atoms with Crippen LogP contribution in [0.25, 0.3) is 11.1 Å². The van der Waals surface area contributed by atoms with Crippen LogP contribution in [-0.2, 0) is 10.3 Å². The number of likely N-dealkylation sites (N-methyl/N-ethyl adjacent to an activating group) is 1. The summed E-state index contributed by atoms with van der Waals surface area (Å²) < 4.78 is 26.2. The number of pyridine rings is 1. The lowest BCUT2D eigenvalue weighted by atomic mass is 9.88. The number of aryl methyl sites for hydroxylation is 1. The van der Waals surface area contributed by atoms with Gasteiger partial charge in [-0.2, -0.15) is 0 Å². The molecule has 6 rings (SSSR count). The zero-order valence-corrected chi connectivity index (χ0v) is 26.0. The molecule has 0 spiro atoms. The number of fused-ring (bicyclic) bond motifs is 1. The van der Waals surface area contributed by atoms with Crippen LogP contribution in [-0.4, -0.2) is 30.5 Å². The van der Waals surface area contributed by atoms with Gasteiger partial charge in [0.2, 0.25) is 5.91 Å². The van der Waals surface area contributed by atoms with Gasteiger partial charge in [0.1, 0.15) is 29.3 Å². The van der Waals surface area contributed by atoms with Gasteiger partial charge < -0.3 is 20.1 Å². The van der Waals surface area contributed by atoms with E-state index in [0.717, 1.165) is 47.2 Å². The predicted octanol–water partition coefficient (Wildman–Crippen LogP) is 7.00. The van der Waals surface area contributed by atoms with E-state index in [1.165, 1.54) is 12.1 Å². The molecule has 2 amide bonds. The third-order valence-electron chi connectivity index (χ3n) is 8.72. The smallest absolute Gasteiger partial charge is 0.255 e. The first-order valence-electron chi connectivity index (χ1n) is 15.5. The molecule has 2 unspecified atom stereocenters. The quantitative estimate of drug-likeness (QED) is 0.203. The Kier molecular flexibility index (Phi) is 8.32. The maximum absolute atomic E-state index is 14.0. The standard InChI is InChI=1S/C37H38FN3O4/c1-22(2)14-18-44-31-19-23(3)27(21-29(31)35(42)41-37(15-16-37)32-7-5-6-17-40-32)25-10-13-30-28(20-25)33(36(43)39-4)34(45-30)24-8-11-26(38)12-9-24/h5-13,17,19-22,33-34H,14-16,18H2,1-4H3,(H,39,43)(H,41,42). The molecule has 4 aromatic rings. The van der Waals surface area contributed by atoms with Crippen LogP contribution in [0.2, 0.25) is 0 Å². The van der Waals surface area contributed by atoms with E-state index in [-0.39, 0.29) is 17.6 Å². The third-order valence-corrected chi connectivity index (χ3v) is 8.72. The van der Waals surface area contributed by atoms with Crippen LogP contribution in [0.4, 0.5) is 4.39 Å². The molecule has 1 fully saturated rings. The highest BCUT2D eigenvalue weighted by molar-refractivity contribution is 5.99. The summed E-state index contributed by atoms with van der Waals surface area (Å²) in [5.41, 5.74) is 4.88. The van der Waals surface area contributed by atoms with Gasteiger partial charge in [-0.05, 0) is 103 Å². The van der Waals surface area contributed by atoms with Crippen LogP contribution in [0.1, 0.15) is 77.9 Å². The molecule has 0 radical (unpaired) electrons. The van der Waals surface area contributed by atoms with Gasteiger partial charge in [0, 0.05) is 18.8 Å². The molecule has 7 nitrogen and oxygen atoms in total. The molecule has 232 valence electrons. The maximum Gasteiger partial charge on any atom is 0.255 e. The molecular formula is C37H38FN3O4. The van der Waals surface area contributed by atoms with Crippen LogP contribution >= 0.6 is 0 Å². The lowest BCUT2D eigenvalue weighted by Gasteiger charge is -2.20. The summed E-state index contributed by atoms with van der Waals surface area (Å²) in [5.74, 6) is 0.186. The van der Waals surface area contributed by atoms with Crippen molar-refractivity contribution in [3.8, 4) is 22.6 Å². The van der Waals surface area contributed by atoms with E-state index in [0.29, 0.717) is 35.2 Å². The number of carbonyl (C=O) groups is 2. The van der Waals surface area contributed by atoms with E-state index in [1.807, 2.05) is 55.5 Å². The summed E-state index contributed by atoms with van der Waals surface area (Å²) in [6.07, 6.45) is 3.64. The Morgan fingerprint density at radius 3 is 2.51 bits per heavy atom. The van der Waals surface area contributed by atoms with Gasteiger partial charge in [0.05, 0.1) is 23.4 Å². The van der Waals surface area contributed by atoms with Crippen molar-refractivity contribution in [2.75, 3.05) is 13.7 Å². The molecule has 1 aliphatic heterocycles. The molecule has 1 aromatic heterocycles. The molecule has 0 saturated heterocycles. The fraction of sp³-hybridized carbons (Fsp3) is 0.324. The van der Waals surface area contributed by atoms with Crippen molar-refractivity contribution in [2.45, 2.75) is 57.6 Å². The normalized spacial score (nSPS) is 17.7.